The minimum atomic E-state index is 0.00820. The van der Waals surface area contributed by atoms with E-state index in [-0.39, 0.29) is 6.04 Å². The van der Waals surface area contributed by atoms with Crippen molar-refractivity contribution in [2.45, 2.75) is 52.0 Å². The second-order valence-electron chi connectivity index (χ2n) is 7.68. The van der Waals surface area contributed by atoms with Gasteiger partial charge in [0.2, 0.25) is 5.88 Å². The molecule has 0 bridgehead atoms. The molecule has 5 nitrogen and oxygen atoms in total. The van der Waals surface area contributed by atoms with Crippen molar-refractivity contribution in [1.82, 2.24) is 15.0 Å². The summed E-state index contributed by atoms with van der Waals surface area (Å²) in [6.07, 6.45) is 9.15. The first-order valence-corrected chi connectivity index (χ1v) is 10.5. The Labute approximate surface area is 164 Å². The summed E-state index contributed by atoms with van der Waals surface area (Å²) in [4.78, 5) is 16.2. The molecule has 3 heterocycles. The van der Waals surface area contributed by atoms with Crippen molar-refractivity contribution >= 4 is 21.6 Å². The predicted octanol–water partition coefficient (Wildman–Crippen LogP) is 4.38. The van der Waals surface area contributed by atoms with Crippen LogP contribution in [0.2, 0.25) is 0 Å². The second kappa shape index (κ2) is 7.90. The number of fused-ring (bicyclic) bond motifs is 3. The Morgan fingerprint density at radius 3 is 2.70 bits per heavy atom. The summed E-state index contributed by atoms with van der Waals surface area (Å²) in [6.45, 7) is 4.84. The lowest BCUT2D eigenvalue weighted by Crippen LogP contribution is -2.29. The first-order valence-electron chi connectivity index (χ1n) is 9.73. The SMILES string of the molecule is CC(C)C[C@@H](N)COc1nc(-c2ccncc2)nc2sc3c(c12)CCCC3. The lowest BCUT2D eigenvalue weighted by atomic mass is 9.97. The quantitative estimate of drug-likeness (QED) is 0.685. The first kappa shape index (κ1) is 18.3. The Morgan fingerprint density at radius 1 is 1.15 bits per heavy atom. The summed E-state index contributed by atoms with van der Waals surface area (Å²) in [7, 11) is 0. The number of nitrogens with zero attached hydrogens (tertiary/aromatic N) is 3. The van der Waals surface area contributed by atoms with Crippen LogP contribution in [-0.4, -0.2) is 27.6 Å². The van der Waals surface area contributed by atoms with E-state index in [1.54, 1.807) is 23.7 Å². The van der Waals surface area contributed by atoms with Crippen molar-refractivity contribution in [1.29, 1.82) is 0 Å². The van der Waals surface area contributed by atoms with Gasteiger partial charge in [-0.25, -0.2) is 4.98 Å². The minimum absolute atomic E-state index is 0.00820. The van der Waals surface area contributed by atoms with Crippen LogP contribution in [0.1, 0.15) is 43.6 Å². The van der Waals surface area contributed by atoms with E-state index in [1.807, 2.05) is 12.1 Å². The minimum Gasteiger partial charge on any atom is -0.475 e. The predicted molar refractivity (Wildman–Crippen MR) is 110 cm³/mol. The highest BCUT2D eigenvalue weighted by Crippen LogP contribution is 2.40. The van der Waals surface area contributed by atoms with E-state index < -0.39 is 0 Å². The van der Waals surface area contributed by atoms with E-state index in [2.05, 4.69) is 18.8 Å². The van der Waals surface area contributed by atoms with E-state index in [4.69, 9.17) is 20.4 Å². The van der Waals surface area contributed by atoms with Crippen LogP contribution in [0.5, 0.6) is 5.88 Å². The lowest BCUT2D eigenvalue weighted by Gasteiger charge is -2.16. The molecule has 0 saturated carbocycles. The highest BCUT2D eigenvalue weighted by Gasteiger charge is 2.23. The van der Waals surface area contributed by atoms with E-state index >= 15 is 0 Å². The summed E-state index contributed by atoms with van der Waals surface area (Å²) in [6, 6.07) is 3.88. The number of aromatic nitrogens is 3. The molecule has 1 aliphatic rings. The van der Waals surface area contributed by atoms with Gasteiger partial charge in [0.1, 0.15) is 11.4 Å². The van der Waals surface area contributed by atoms with E-state index in [0.29, 0.717) is 24.2 Å². The molecule has 3 aromatic heterocycles. The maximum atomic E-state index is 6.25. The van der Waals surface area contributed by atoms with Crippen molar-refractivity contribution < 1.29 is 4.74 Å². The summed E-state index contributed by atoms with van der Waals surface area (Å²) in [5, 5.41) is 1.10. The number of aryl methyl sites for hydroxylation is 2. The summed E-state index contributed by atoms with van der Waals surface area (Å²) in [5.41, 5.74) is 8.59. The van der Waals surface area contributed by atoms with Crippen LogP contribution in [0, 0.1) is 5.92 Å². The van der Waals surface area contributed by atoms with Gasteiger partial charge in [0.15, 0.2) is 5.82 Å². The van der Waals surface area contributed by atoms with Gasteiger partial charge in [0.25, 0.3) is 0 Å². The van der Waals surface area contributed by atoms with Crippen LogP contribution < -0.4 is 10.5 Å². The van der Waals surface area contributed by atoms with Crippen LogP contribution in [0.25, 0.3) is 21.6 Å². The van der Waals surface area contributed by atoms with Gasteiger partial charge < -0.3 is 10.5 Å². The molecule has 0 aromatic carbocycles. The number of hydrogen-bond acceptors (Lipinski definition) is 6. The van der Waals surface area contributed by atoms with Gasteiger partial charge >= 0.3 is 0 Å². The molecule has 0 saturated heterocycles. The molecule has 27 heavy (non-hydrogen) atoms. The number of nitrogens with two attached hydrogens (primary N) is 1. The molecule has 142 valence electrons. The van der Waals surface area contributed by atoms with Gasteiger partial charge in [-0.15, -0.1) is 11.3 Å². The van der Waals surface area contributed by atoms with E-state index in [0.717, 1.165) is 35.0 Å². The van der Waals surface area contributed by atoms with Crippen LogP contribution in [0.15, 0.2) is 24.5 Å². The molecule has 0 amide bonds. The van der Waals surface area contributed by atoms with Gasteiger partial charge in [-0.05, 0) is 55.7 Å². The number of rotatable bonds is 6. The normalized spacial score (nSPS) is 15.1. The number of pyridine rings is 1. The van der Waals surface area contributed by atoms with Crippen molar-refractivity contribution in [2.75, 3.05) is 6.61 Å². The third kappa shape index (κ3) is 3.96. The molecule has 0 spiro atoms. The van der Waals surface area contributed by atoms with Crippen molar-refractivity contribution in [3.63, 3.8) is 0 Å². The largest absolute Gasteiger partial charge is 0.475 e. The molecule has 1 atom stereocenters. The topological polar surface area (TPSA) is 73.9 Å². The summed E-state index contributed by atoms with van der Waals surface area (Å²) < 4.78 is 6.18. The molecule has 4 rings (SSSR count). The summed E-state index contributed by atoms with van der Waals surface area (Å²) >= 11 is 1.79. The molecule has 0 radical (unpaired) electrons. The number of ether oxygens (including phenoxy) is 1. The molecular formula is C21H26N4OS. The van der Waals surface area contributed by atoms with Crippen LogP contribution in [0.3, 0.4) is 0 Å². The maximum Gasteiger partial charge on any atom is 0.226 e. The Hall–Kier alpha value is -2.05. The molecule has 1 aliphatic carbocycles. The number of thiophene rings is 1. The molecule has 0 aliphatic heterocycles. The van der Waals surface area contributed by atoms with Gasteiger partial charge in [-0.1, -0.05) is 13.8 Å². The van der Waals surface area contributed by atoms with Crippen molar-refractivity contribution in [3.05, 3.63) is 35.0 Å². The van der Waals surface area contributed by atoms with E-state index in [9.17, 15) is 0 Å². The first-order chi connectivity index (χ1) is 13.1. The molecule has 0 unspecified atom stereocenters. The fraction of sp³-hybridized carbons (Fsp3) is 0.476. The van der Waals surface area contributed by atoms with Crippen molar-refractivity contribution in [3.8, 4) is 17.3 Å². The Balaban J connectivity index is 1.75. The standard InChI is InChI=1S/C21H26N4OS/c1-13(2)11-15(22)12-26-20-18-16-5-3-4-6-17(16)27-21(18)25-19(24-20)14-7-9-23-10-8-14/h7-10,13,15H,3-6,11-12,22H2,1-2H3/t15-/m1/s1. The third-order valence-corrected chi connectivity index (χ3v) is 6.11. The lowest BCUT2D eigenvalue weighted by molar-refractivity contribution is 0.265. The van der Waals surface area contributed by atoms with Crippen LogP contribution in [-0.2, 0) is 12.8 Å². The third-order valence-electron chi connectivity index (χ3n) is 4.93. The van der Waals surface area contributed by atoms with Gasteiger partial charge in [-0.3, -0.25) is 4.98 Å². The second-order valence-corrected chi connectivity index (χ2v) is 8.76. The monoisotopic (exact) mass is 382 g/mol. The molecule has 0 fully saturated rings. The van der Waals surface area contributed by atoms with E-state index in [1.165, 1.54) is 23.3 Å². The molecule has 2 N–H and O–H groups in total. The zero-order valence-electron chi connectivity index (χ0n) is 15.9. The Morgan fingerprint density at radius 2 is 1.93 bits per heavy atom. The fourth-order valence-corrected chi connectivity index (χ4v) is 4.97. The summed E-state index contributed by atoms with van der Waals surface area (Å²) in [5.74, 6) is 1.93. The fourth-order valence-electron chi connectivity index (χ4n) is 3.72. The van der Waals surface area contributed by atoms with Gasteiger partial charge in [0, 0.05) is 28.9 Å². The molecular weight excluding hydrogens is 356 g/mol. The molecule has 6 heteroatoms. The van der Waals surface area contributed by atoms with Crippen LogP contribution >= 0.6 is 11.3 Å². The van der Waals surface area contributed by atoms with Gasteiger partial charge in [0.05, 0.1) is 5.39 Å². The Bertz CT molecular complexity index is 923. The highest BCUT2D eigenvalue weighted by molar-refractivity contribution is 7.18. The smallest absolute Gasteiger partial charge is 0.226 e. The zero-order chi connectivity index (χ0) is 18.8. The average Bonchev–Trinajstić information content (AvgIpc) is 3.05. The van der Waals surface area contributed by atoms with Crippen LogP contribution in [0.4, 0.5) is 0 Å². The Kier molecular flexibility index (Phi) is 5.36. The average molecular weight is 383 g/mol. The maximum absolute atomic E-state index is 6.25. The number of hydrogen-bond donors (Lipinski definition) is 1. The highest BCUT2D eigenvalue weighted by atomic mass is 32.1. The molecule has 3 aromatic rings. The van der Waals surface area contributed by atoms with Gasteiger partial charge in [-0.2, -0.15) is 4.98 Å². The van der Waals surface area contributed by atoms with Crippen molar-refractivity contribution in [2.24, 2.45) is 11.7 Å². The zero-order valence-corrected chi connectivity index (χ0v) is 16.8.